The van der Waals surface area contributed by atoms with Crippen molar-refractivity contribution in [3.63, 3.8) is 0 Å². The number of aryl methyl sites for hydroxylation is 1. The molecule has 1 rings (SSSR count). The van der Waals surface area contributed by atoms with E-state index in [2.05, 4.69) is 31.1 Å². The SMILES string of the molecule is CCCNC(Cc1cc([N+](=O)[O-])c(C)cn1)C(C)C. The summed E-state index contributed by atoms with van der Waals surface area (Å²) in [6.07, 6.45) is 3.38. The molecule has 1 N–H and O–H groups in total. The highest BCUT2D eigenvalue weighted by Crippen LogP contribution is 2.19. The van der Waals surface area contributed by atoms with Gasteiger partial charge in [-0.15, -0.1) is 0 Å². The fourth-order valence-corrected chi connectivity index (χ4v) is 1.96. The van der Waals surface area contributed by atoms with Crippen LogP contribution in [0.4, 0.5) is 5.69 Å². The Morgan fingerprint density at radius 2 is 2.16 bits per heavy atom. The normalized spacial score (nSPS) is 12.7. The van der Waals surface area contributed by atoms with E-state index in [9.17, 15) is 10.1 Å². The molecule has 0 radical (unpaired) electrons. The summed E-state index contributed by atoms with van der Waals surface area (Å²) in [5.41, 5.74) is 1.54. The Morgan fingerprint density at radius 1 is 1.47 bits per heavy atom. The standard InChI is InChI=1S/C14H23N3O2/c1-5-6-15-13(10(2)3)7-12-8-14(17(18)19)11(4)9-16-12/h8-10,13,15H,5-7H2,1-4H3. The Balaban J connectivity index is 2.84. The minimum atomic E-state index is -0.343. The van der Waals surface area contributed by atoms with Gasteiger partial charge in [0.15, 0.2) is 0 Å². The maximum atomic E-state index is 10.9. The number of hydrogen-bond acceptors (Lipinski definition) is 4. The van der Waals surface area contributed by atoms with Crippen molar-refractivity contribution in [1.82, 2.24) is 10.3 Å². The van der Waals surface area contributed by atoms with Crippen molar-refractivity contribution in [2.75, 3.05) is 6.54 Å². The molecule has 0 fully saturated rings. The first-order valence-corrected chi connectivity index (χ1v) is 6.79. The molecular formula is C14H23N3O2. The van der Waals surface area contributed by atoms with Crippen molar-refractivity contribution < 1.29 is 4.92 Å². The number of rotatable bonds is 7. The largest absolute Gasteiger partial charge is 0.313 e. The van der Waals surface area contributed by atoms with E-state index in [4.69, 9.17) is 0 Å². The lowest BCUT2D eigenvalue weighted by Gasteiger charge is -2.22. The summed E-state index contributed by atoms with van der Waals surface area (Å²) in [6.45, 7) is 9.09. The van der Waals surface area contributed by atoms with E-state index in [0.717, 1.165) is 25.1 Å². The lowest BCUT2D eigenvalue weighted by molar-refractivity contribution is -0.385. The van der Waals surface area contributed by atoms with Crippen LogP contribution in [0.25, 0.3) is 0 Å². The zero-order valence-electron chi connectivity index (χ0n) is 12.1. The lowest BCUT2D eigenvalue weighted by atomic mass is 9.98. The zero-order valence-corrected chi connectivity index (χ0v) is 12.1. The van der Waals surface area contributed by atoms with Crippen LogP contribution in [0.3, 0.4) is 0 Å². The Hall–Kier alpha value is -1.49. The van der Waals surface area contributed by atoms with Crippen LogP contribution in [0, 0.1) is 23.0 Å². The van der Waals surface area contributed by atoms with Crippen LogP contribution in [0.2, 0.25) is 0 Å². The van der Waals surface area contributed by atoms with Crippen LogP contribution in [0.15, 0.2) is 12.3 Å². The molecule has 106 valence electrons. The van der Waals surface area contributed by atoms with Gasteiger partial charge in [-0.3, -0.25) is 15.1 Å². The van der Waals surface area contributed by atoms with E-state index >= 15 is 0 Å². The topological polar surface area (TPSA) is 68.1 Å². The molecule has 5 nitrogen and oxygen atoms in total. The van der Waals surface area contributed by atoms with Crippen LogP contribution < -0.4 is 5.32 Å². The maximum Gasteiger partial charge on any atom is 0.275 e. The molecule has 0 spiro atoms. The fourth-order valence-electron chi connectivity index (χ4n) is 1.96. The molecule has 5 heteroatoms. The minimum absolute atomic E-state index is 0.156. The number of aromatic nitrogens is 1. The molecule has 0 saturated carbocycles. The molecule has 0 bridgehead atoms. The Labute approximate surface area is 114 Å². The van der Waals surface area contributed by atoms with Crippen molar-refractivity contribution in [3.05, 3.63) is 33.6 Å². The summed E-state index contributed by atoms with van der Waals surface area (Å²) in [7, 11) is 0. The molecule has 0 aliphatic carbocycles. The molecule has 1 unspecified atom stereocenters. The average Bonchev–Trinajstić information content (AvgIpc) is 2.35. The van der Waals surface area contributed by atoms with Crippen LogP contribution in [-0.4, -0.2) is 22.5 Å². The first-order chi connectivity index (χ1) is 8.95. The maximum absolute atomic E-state index is 10.9. The third kappa shape index (κ3) is 4.59. The van der Waals surface area contributed by atoms with E-state index in [1.807, 2.05) is 0 Å². The summed E-state index contributed by atoms with van der Waals surface area (Å²) >= 11 is 0. The van der Waals surface area contributed by atoms with Gasteiger partial charge in [0.05, 0.1) is 4.92 Å². The highest BCUT2D eigenvalue weighted by Gasteiger charge is 2.17. The average molecular weight is 265 g/mol. The van der Waals surface area contributed by atoms with Gasteiger partial charge in [-0.25, -0.2) is 0 Å². The molecule has 1 aromatic heterocycles. The molecule has 0 aliphatic heterocycles. The van der Waals surface area contributed by atoms with Gasteiger partial charge in [0.25, 0.3) is 5.69 Å². The van der Waals surface area contributed by atoms with Gasteiger partial charge in [0.2, 0.25) is 0 Å². The summed E-state index contributed by atoms with van der Waals surface area (Å²) < 4.78 is 0. The molecule has 1 heterocycles. The van der Waals surface area contributed by atoms with E-state index in [0.29, 0.717) is 17.5 Å². The van der Waals surface area contributed by atoms with E-state index < -0.39 is 0 Å². The summed E-state index contributed by atoms with van der Waals surface area (Å²) in [4.78, 5) is 14.9. The van der Waals surface area contributed by atoms with Crippen molar-refractivity contribution >= 4 is 5.69 Å². The molecule has 0 amide bonds. The predicted octanol–water partition coefficient (Wildman–Crippen LogP) is 2.86. The quantitative estimate of drug-likeness (QED) is 0.608. The number of hydrogen-bond donors (Lipinski definition) is 1. The van der Waals surface area contributed by atoms with Gasteiger partial charge in [-0.05, 0) is 25.8 Å². The highest BCUT2D eigenvalue weighted by molar-refractivity contribution is 5.38. The van der Waals surface area contributed by atoms with E-state index in [1.165, 1.54) is 0 Å². The van der Waals surface area contributed by atoms with Crippen LogP contribution in [0.5, 0.6) is 0 Å². The number of nitrogens with one attached hydrogen (secondary N) is 1. The van der Waals surface area contributed by atoms with Gasteiger partial charge in [0, 0.05) is 36.0 Å². The number of nitrogens with zero attached hydrogens (tertiary/aromatic N) is 2. The third-order valence-electron chi connectivity index (χ3n) is 3.22. The van der Waals surface area contributed by atoms with Crippen molar-refractivity contribution in [2.45, 2.75) is 46.6 Å². The second-order valence-electron chi connectivity index (χ2n) is 5.23. The molecule has 1 atom stereocenters. The summed E-state index contributed by atoms with van der Waals surface area (Å²) in [5.74, 6) is 0.466. The van der Waals surface area contributed by atoms with Gasteiger partial charge in [-0.1, -0.05) is 20.8 Å². The van der Waals surface area contributed by atoms with Crippen molar-refractivity contribution in [3.8, 4) is 0 Å². The van der Waals surface area contributed by atoms with Crippen molar-refractivity contribution in [1.29, 1.82) is 0 Å². The lowest BCUT2D eigenvalue weighted by Crippen LogP contribution is -2.36. The van der Waals surface area contributed by atoms with Gasteiger partial charge >= 0.3 is 0 Å². The van der Waals surface area contributed by atoms with E-state index in [1.54, 1.807) is 19.2 Å². The van der Waals surface area contributed by atoms with Gasteiger partial charge in [0.1, 0.15) is 0 Å². The fraction of sp³-hybridized carbons (Fsp3) is 0.643. The van der Waals surface area contributed by atoms with Crippen molar-refractivity contribution in [2.24, 2.45) is 5.92 Å². The van der Waals surface area contributed by atoms with Crippen LogP contribution in [0.1, 0.15) is 38.4 Å². The summed E-state index contributed by atoms with van der Waals surface area (Å²) in [6, 6.07) is 1.90. The molecule has 0 saturated heterocycles. The molecule has 0 aliphatic rings. The second kappa shape index (κ2) is 7.19. The first kappa shape index (κ1) is 15.6. The molecular weight excluding hydrogens is 242 g/mol. The Bertz CT molecular complexity index is 433. The third-order valence-corrected chi connectivity index (χ3v) is 3.22. The van der Waals surface area contributed by atoms with Crippen LogP contribution >= 0.6 is 0 Å². The van der Waals surface area contributed by atoms with E-state index in [-0.39, 0.29) is 10.6 Å². The molecule has 1 aromatic rings. The number of nitro groups is 1. The zero-order chi connectivity index (χ0) is 14.4. The van der Waals surface area contributed by atoms with Crippen LogP contribution in [-0.2, 0) is 6.42 Å². The second-order valence-corrected chi connectivity index (χ2v) is 5.23. The highest BCUT2D eigenvalue weighted by atomic mass is 16.6. The smallest absolute Gasteiger partial charge is 0.275 e. The summed E-state index contributed by atoms with van der Waals surface area (Å²) in [5, 5.41) is 14.4. The minimum Gasteiger partial charge on any atom is -0.313 e. The van der Waals surface area contributed by atoms with Gasteiger partial charge in [-0.2, -0.15) is 0 Å². The monoisotopic (exact) mass is 265 g/mol. The van der Waals surface area contributed by atoms with Gasteiger partial charge < -0.3 is 5.32 Å². The first-order valence-electron chi connectivity index (χ1n) is 6.79. The molecule has 0 aromatic carbocycles. The Kier molecular flexibility index (Phi) is 5.89. The number of pyridine rings is 1. The predicted molar refractivity (Wildman–Crippen MR) is 76.3 cm³/mol. The molecule has 19 heavy (non-hydrogen) atoms. The Morgan fingerprint density at radius 3 is 2.68 bits per heavy atom.